The maximum atomic E-state index is 13.8. The average Bonchev–Trinajstić information content (AvgIpc) is 0.725. The quantitative estimate of drug-likeness (QED) is 0.0343. The third-order valence-corrected chi connectivity index (χ3v) is 33.8. The van der Waals surface area contributed by atoms with Gasteiger partial charge in [0.15, 0.2) is 97.7 Å². The zero-order chi connectivity index (χ0) is 107. The number of nitro groups is 1. The van der Waals surface area contributed by atoms with Crippen LogP contribution in [0.1, 0.15) is 186 Å². The van der Waals surface area contributed by atoms with Crippen LogP contribution in [0.15, 0.2) is 72.8 Å². The summed E-state index contributed by atoms with van der Waals surface area (Å²) >= 11 is 0. The van der Waals surface area contributed by atoms with Gasteiger partial charge in [0.05, 0.1) is 61.3 Å². The molecule has 6 heterocycles. The largest absolute Gasteiger partial charge is 0.507 e. The number of fused-ring (bicyclic) bond motifs is 12. The minimum atomic E-state index is -0.713. The highest BCUT2D eigenvalue weighted by Crippen LogP contribution is 2.64. The molecule has 14 N–H and O–H groups in total. The van der Waals surface area contributed by atoms with Crippen molar-refractivity contribution in [3.05, 3.63) is 233 Å². The summed E-state index contributed by atoms with van der Waals surface area (Å²) in [6.07, 6.45) is 9.29. The Morgan fingerprint density at radius 1 is 0.289 bits per heavy atom. The Kier molecular flexibility index (Phi) is 27.5. The number of ether oxygens (including phenoxy) is 7. The Morgan fingerprint density at radius 2 is 0.517 bits per heavy atom. The number of nitro benzene ring substituents is 1. The number of methoxy groups -OCH3 is 7. The zero-order valence-electron chi connectivity index (χ0n) is 88.0. The summed E-state index contributed by atoms with van der Waals surface area (Å²) in [5.74, 6) is 4.27. The van der Waals surface area contributed by atoms with Gasteiger partial charge in [-0.3, -0.25) is 39.5 Å². The predicted octanol–water partition coefficient (Wildman–Crippen LogP) is 18.9. The number of halogens is 1. The smallest absolute Gasteiger partial charge is 0.314 e. The van der Waals surface area contributed by atoms with Crippen LogP contribution in [0.4, 0.5) is 10.1 Å². The predicted molar refractivity (Wildman–Crippen MR) is 566 cm³/mol. The highest BCUT2D eigenvalue weighted by Gasteiger charge is 2.47. The van der Waals surface area contributed by atoms with Gasteiger partial charge < -0.3 is 105 Å². The minimum absolute atomic E-state index is 0.0301. The molecule has 12 aromatic rings. The van der Waals surface area contributed by atoms with E-state index in [1.165, 1.54) is 42.0 Å². The van der Waals surface area contributed by atoms with Crippen molar-refractivity contribution in [2.45, 2.75) is 175 Å². The second-order valence-corrected chi connectivity index (χ2v) is 41.7. The van der Waals surface area contributed by atoms with Gasteiger partial charge in [0, 0.05) is 137 Å². The van der Waals surface area contributed by atoms with Crippen LogP contribution in [0.2, 0.25) is 0 Å². The highest BCUT2D eigenvalue weighted by molar-refractivity contribution is 5.93. The number of phenolic OH excluding ortho intramolecular Hbond substituents is 12. The molecule has 31 heteroatoms. The van der Waals surface area contributed by atoms with Crippen molar-refractivity contribution in [2.24, 2.45) is 0 Å². The number of phenols is 13. The normalized spacial score (nSPS) is 18.6. The summed E-state index contributed by atoms with van der Waals surface area (Å²) in [4.78, 5) is 24.8. The Bertz CT molecular complexity index is 7080. The zero-order valence-corrected chi connectivity index (χ0v) is 88.0. The third-order valence-electron chi connectivity index (χ3n) is 33.8. The number of aromatic hydroxyl groups is 13. The molecule has 0 saturated carbocycles. The van der Waals surface area contributed by atoms with Crippen molar-refractivity contribution in [1.82, 2.24) is 29.4 Å². The van der Waals surface area contributed by atoms with E-state index in [1.54, 1.807) is 80.6 Å². The molecule has 6 unspecified atom stereocenters. The van der Waals surface area contributed by atoms with Crippen molar-refractivity contribution >= 4 is 5.69 Å². The molecule has 784 valence electrons. The standard InChI is InChI=1S/C20H22FNO3.2C20H23NO4.C20H23NO3.C19H20N2O5.C19H21NO4/c1-10-6-13-12(14(9-21)19(10)24)8-15-17-11(4-5-22(15)2)7-16(23)20(25-3)18(13)17;1-10-7-12-13(19(24-3)18(10)23)9-14-16-11(5-6-21(14)2)8-15(22)20(25-4)17(12)16;1-10-6-13-12(14(9-22)19(10)24)8-15-17-11(4-5-21(15)2)7-16(23)20(25-3)18(13)17;1-10-7-14-13(11(2)19(10)23)9-15-17-12(5-6-21(15)3)8-16(22)20(24-4)18(14)17;1-9-6-11-12(17(18(9)23)21(24)25)8-13-15-10(4-5-20(13)2)7-14(22)19(26-3)16(11)15;1-9-6-11-12(18(23)17(9)22)8-13-15-10(4-5-20(13)2)7-14(21)19(24-3)16(11)15/h6-7,15,23-24H,4-5,8-9H2,1-3H3;7-8,14,22-23H,5-6,9H2,1-4H3;6-7,15,22-24H,4-5,8-9H2,1-3H3;7-8,15,22-23H,5-6,9H2,1-4H3;6-7,13,22-23H,4-5,8H2,1-3H3;6-7,13,21-23H,4-5,8H2,1-3H3. The van der Waals surface area contributed by atoms with Gasteiger partial charge in [-0.25, -0.2) is 4.39 Å². The molecule has 0 radical (unpaired) electrons. The number of aliphatic hydroxyl groups excluding tert-OH is 1. The maximum absolute atomic E-state index is 13.8. The molecular formula is C118H132FN7O23. The molecule has 30 nitrogen and oxygen atoms in total. The number of rotatable bonds is 10. The number of hydrogen-bond acceptors (Lipinski definition) is 29. The lowest BCUT2D eigenvalue weighted by Gasteiger charge is -2.41. The molecule has 24 rings (SSSR count). The van der Waals surface area contributed by atoms with Gasteiger partial charge in [-0.2, -0.15) is 0 Å². The van der Waals surface area contributed by atoms with Crippen molar-refractivity contribution in [3.8, 4) is 182 Å². The molecule has 12 aliphatic rings. The number of benzene rings is 12. The van der Waals surface area contributed by atoms with Crippen LogP contribution in [0.25, 0.3) is 66.8 Å². The lowest BCUT2D eigenvalue weighted by atomic mass is 9.74. The second kappa shape index (κ2) is 39.6. The van der Waals surface area contributed by atoms with Crippen LogP contribution >= 0.6 is 0 Å². The van der Waals surface area contributed by atoms with E-state index in [0.29, 0.717) is 121 Å². The van der Waals surface area contributed by atoms with Gasteiger partial charge in [-0.15, -0.1) is 0 Å². The molecule has 149 heavy (non-hydrogen) atoms. The van der Waals surface area contributed by atoms with Gasteiger partial charge in [0.25, 0.3) is 0 Å². The van der Waals surface area contributed by atoms with Crippen molar-refractivity contribution in [2.75, 3.05) is 131 Å². The summed E-state index contributed by atoms with van der Waals surface area (Å²) < 4.78 is 52.5. The first-order chi connectivity index (χ1) is 71.1. The number of aliphatic hydroxyl groups is 1. The lowest BCUT2D eigenvalue weighted by Crippen LogP contribution is -2.36. The highest BCUT2D eigenvalue weighted by atomic mass is 19.1. The van der Waals surface area contributed by atoms with Crippen molar-refractivity contribution < 1.29 is 114 Å². The van der Waals surface area contributed by atoms with Crippen LogP contribution in [-0.4, -0.2) is 237 Å². The monoisotopic (exact) mass is 2030 g/mol. The molecular weight excluding hydrogens is 1900 g/mol. The molecule has 6 atom stereocenters. The molecule has 0 fully saturated rings. The van der Waals surface area contributed by atoms with E-state index in [4.69, 9.17) is 33.2 Å². The topological polar surface area (TPSA) is 410 Å². The van der Waals surface area contributed by atoms with Crippen molar-refractivity contribution in [1.29, 1.82) is 0 Å². The van der Waals surface area contributed by atoms with Crippen LogP contribution in [0, 0.1) is 58.6 Å². The Hall–Kier alpha value is -14.3. The summed E-state index contributed by atoms with van der Waals surface area (Å²) in [6.45, 7) is 17.2. The van der Waals surface area contributed by atoms with Gasteiger partial charge in [0.1, 0.15) is 23.9 Å². The number of likely N-dealkylation sites (N-methyl/N-ethyl adjacent to an activating group) is 6. The first-order valence-corrected chi connectivity index (χ1v) is 50.6. The number of nitrogens with zero attached hydrogens (tertiary/aromatic N) is 7. The fourth-order valence-corrected chi connectivity index (χ4v) is 26.2. The van der Waals surface area contributed by atoms with Crippen LogP contribution in [-0.2, 0) is 90.3 Å². The summed E-state index contributed by atoms with van der Waals surface area (Å²) in [5, 5.41) is 157. The van der Waals surface area contributed by atoms with Gasteiger partial charge >= 0.3 is 5.69 Å². The van der Waals surface area contributed by atoms with Crippen molar-refractivity contribution in [3.63, 3.8) is 0 Å². The molecule has 0 spiro atoms. The first kappa shape index (κ1) is 103. The average molecular weight is 2040 g/mol. The number of alkyl halides is 1. The van der Waals surface area contributed by atoms with Crippen LogP contribution < -0.4 is 33.2 Å². The molecule has 0 saturated heterocycles. The maximum Gasteiger partial charge on any atom is 0.314 e. The third kappa shape index (κ3) is 16.6. The van der Waals surface area contributed by atoms with E-state index in [-0.39, 0.29) is 118 Å². The van der Waals surface area contributed by atoms with E-state index < -0.39 is 11.6 Å². The second-order valence-electron chi connectivity index (χ2n) is 41.7. The number of hydrogen-bond donors (Lipinski definition) is 14. The molecule has 0 aromatic heterocycles. The number of aryl methyl sites for hydroxylation is 6. The van der Waals surface area contributed by atoms with Gasteiger partial charge in [-0.05, 0) is 396 Å². The van der Waals surface area contributed by atoms with E-state index in [0.717, 1.165) is 231 Å². The van der Waals surface area contributed by atoms with Crippen LogP contribution in [0.5, 0.6) is 115 Å². The fraction of sp³-hybridized carbons (Fsp3) is 0.390. The first-order valence-electron chi connectivity index (χ1n) is 50.6. The minimum Gasteiger partial charge on any atom is -0.507 e. The Labute approximate surface area is 865 Å². The van der Waals surface area contributed by atoms with E-state index in [1.807, 2.05) is 83.3 Å². The van der Waals surface area contributed by atoms with Crippen LogP contribution in [0.3, 0.4) is 0 Å². The summed E-state index contributed by atoms with van der Waals surface area (Å²) in [6, 6.07) is 23.0. The molecule has 6 aliphatic carbocycles. The van der Waals surface area contributed by atoms with E-state index >= 15 is 0 Å². The van der Waals surface area contributed by atoms with Gasteiger partial charge in [0.2, 0.25) is 0 Å². The summed E-state index contributed by atoms with van der Waals surface area (Å²) in [5.41, 5.74) is 35.1. The van der Waals surface area contributed by atoms with E-state index in [2.05, 4.69) is 64.6 Å². The summed E-state index contributed by atoms with van der Waals surface area (Å²) in [7, 11) is 23.4. The molecule has 0 bridgehead atoms. The Balaban J connectivity index is 0.000000112. The molecule has 6 aliphatic heterocycles. The fourth-order valence-electron chi connectivity index (χ4n) is 26.2. The lowest BCUT2D eigenvalue weighted by molar-refractivity contribution is -0.386. The molecule has 12 aromatic carbocycles. The Morgan fingerprint density at radius 3 is 0.812 bits per heavy atom. The van der Waals surface area contributed by atoms with Gasteiger partial charge in [-0.1, -0.05) is 0 Å². The SMILES string of the molecule is COc1c(O)c(C)cc2c1CC1c3c(cc(O)c(OC)c3-2)CCN1C.COc1c(O)cc2c3c1-c1cc(C)c(O)c(C)c1CC3N(C)CC2.COc1c(O)cc2c3c1-c1cc(C)c(O)c(CF)c1CC3N(C)CC2.COc1c(O)cc2c3c1-c1cc(C)c(O)c(CO)c1CC3N(C)CC2.COc1c(O)cc2c3c1-c1cc(C)c(O)c(O)c1CC3N(C)CC2.COc1c(O)cc2c3c1-c1cc(C)c(O)c([N+](=O)[O-])c1CC3N(C)CC2. The van der Waals surface area contributed by atoms with E-state index in [9.17, 15) is 86.0 Å². The molecule has 0 amide bonds.